The molecule has 1 aliphatic rings. The van der Waals surface area contributed by atoms with Crippen LogP contribution in [0.15, 0.2) is 0 Å². The van der Waals surface area contributed by atoms with Crippen LogP contribution in [0.3, 0.4) is 0 Å². The minimum atomic E-state index is -0.449. The molecule has 1 saturated carbocycles. The second-order valence-corrected chi connectivity index (χ2v) is 7.29. The summed E-state index contributed by atoms with van der Waals surface area (Å²) in [6.45, 7) is 10.9. The zero-order valence-corrected chi connectivity index (χ0v) is 14.4. The van der Waals surface area contributed by atoms with Crippen LogP contribution in [-0.2, 0) is 4.79 Å². The summed E-state index contributed by atoms with van der Waals surface area (Å²) >= 11 is 0. The monoisotopic (exact) mass is 298 g/mol. The molecule has 0 spiro atoms. The number of aliphatic hydroxyl groups excluding tert-OH is 1. The number of hydrogen-bond donors (Lipinski definition) is 3. The lowest BCUT2D eigenvalue weighted by atomic mass is 9.61. The van der Waals surface area contributed by atoms with E-state index in [0.717, 1.165) is 25.7 Å². The summed E-state index contributed by atoms with van der Waals surface area (Å²) in [5, 5.41) is 13.1. The van der Waals surface area contributed by atoms with Gasteiger partial charge in [-0.15, -0.1) is 0 Å². The first-order valence-corrected chi connectivity index (χ1v) is 8.46. The van der Waals surface area contributed by atoms with E-state index >= 15 is 0 Å². The third-order valence-electron chi connectivity index (χ3n) is 5.90. The van der Waals surface area contributed by atoms with E-state index in [2.05, 4.69) is 39.9 Å². The summed E-state index contributed by atoms with van der Waals surface area (Å²) in [6.07, 6.45) is 3.17. The molecule has 4 heteroatoms. The number of aliphatic hydroxyl groups is 1. The molecule has 0 heterocycles. The van der Waals surface area contributed by atoms with Crippen molar-refractivity contribution in [1.29, 1.82) is 0 Å². The van der Waals surface area contributed by atoms with Gasteiger partial charge in [0.25, 0.3) is 0 Å². The lowest BCUT2D eigenvalue weighted by Gasteiger charge is -2.46. The van der Waals surface area contributed by atoms with Gasteiger partial charge in [-0.2, -0.15) is 0 Å². The molecular formula is C17H34N2O2. The van der Waals surface area contributed by atoms with E-state index in [1.54, 1.807) is 0 Å². The second kappa shape index (κ2) is 7.59. The zero-order chi connectivity index (χ0) is 16.2. The van der Waals surface area contributed by atoms with E-state index in [4.69, 9.17) is 5.73 Å². The molecule has 0 aliphatic heterocycles. The summed E-state index contributed by atoms with van der Waals surface area (Å²) < 4.78 is 0. The quantitative estimate of drug-likeness (QED) is 0.704. The fraction of sp³-hybridized carbons (Fsp3) is 0.941. The summed E-state index contributed by atoms with van der Waals surface area (Å²) in [6, 6.07) is 0.180. The van der Waals surface area contributed by atoms with Crippen molar-refractivity contribution in [3.05, 3.63) is 0 Å². The van der Waals surface area contributed by atoms with Crippen LogP contribution < -0.4 is 11.1 Å². The predicted octanol–water partition coefficient (Wildman–Crippen LogP) is 2.30. The lowest BCUT2D eigenvalue weighted by Crippen LogP contribution is -2.52. The van der Waals surface area contributed by atoms with Gasteiger partial charge in [0.15, 0.2) is 0 Å². The maximum Gasteiger partial charge on any atom is 0.223 e. The standard InChI is InChI=1S/C17H34N2O2/c1-6-12(7-2)15(20)10-19-16(21)13-8-9-14(18)11(3)17(13,4)5/h11-15,20H,6-10,18H2,1-5H3,(H,19,21). The van der Waals surface area contributed by atoms with Crippen LogP contribution >= 0.6 is 0 Å². The topological polar surface area (TPSA) is 75.3 Å². The minimum absolute atomic E-state index is 0.0128. The number of carbonyl (C=O) groups is 1. The molecular weight excluding hydrogens is 264 g/mol. The van der Waals surface area contributed by atoms with Crippen molar-refractivity contribution in [3.8, 4) is 0 Å². The van der Waals surface area contributed by atoms with Crippen molar-refractivity contribution in [2.24, 2.45) is 28.9 Å². The number of rotatable bonds is 6. The maximum absolute atomic E-state index is 12.5. The molecule has 0 aromatic rings. The molecule has 1 amide bonds. The predicted molar refractivity (Wildman–Crippen MR) is 86.7 cm³/mol. The third kappa shape index (κ3) is 4.19. The van der Waals surface area contributed by atoms with Crippen molar-refractivity contribution in [2.75, 3.05) is 6.54 Å². The highest BCUT2D eigenvalue weighted by molar-refractivity contribution is 5.79. The Hall–Kier alpha value is -0.610. The Balaban J connectivity index is 2.59. The lowest BCUT2D eigenvalue weighted by molar-refractivity contribution is -0.133. The molecule has 0 aromatic heterocycles. The van der Waals surface area contributed by atoms with Crippen molar-refractivity contribution in [2.45, 2.75) is 72.4 Å². The summed E-state index contributed by atoms with van der Waals surface area (Å²) in [4.78, 5) is 12.5. The normalized spacial score (nSPS) is 30.2. The molecule has 4 unspecified atom stereocenters. The SMILES string of the molecule is CCC(CC)C(O)CNC(=O)C1CCC(N)C(C)C1(C)C. The van der Waals surface area contributed by atoms with Gasteiger partial charge in [0.1, 0.15) is 0 Å². The molecule has 1 rings (SSSR count). The molecule has 0 bridgehead atoms. The smallest absolute Gasteiger partial charge is 0.223 e. The Labute approximate surface area is 129 Å². The Bertz CT molecular complexity index is 340. The largest absolute Gasteiger partial charge is 0.391 e. The second-order valence-electron chi connectivity index (χ2n) is 7.29. The van der Waals surface area contributed by atoms with E-state index in [0.29, 0.717) is 12.5 Å². The van der Waals surface area contributed by atoms with Gasteiger partial charge in [0.05, 0.1) is 6.10 Å². The van der Waals surface area contributed by atoms with Crippen LogP contribution in [0.1, 0.15) is 60.3 Å². The average molecular weight is 298 g/mol. The van der Waals surface area contributed by atoms with E-state index in [-0.39, 0.29) is 29.2 Å². The molecule has 124 valence electrons. The first-order valence-electron chi connectivity index (χ1n) is 8.46. The molecule has 0 radical (unpaired) electrons. The number of nitrogens with two attached hydrogens (primary N) is 1. The number of nitrogens with one attached hydrogen (secondary N) is 1. The molecule has 0 saturated heterocycles. The number of amides is 1. The van der Waals surface area contributed by atoms with Gasteiger partial charge in [-0.3, -0.25) is 4.79 Å². The van der Waals surface area contributed by atoms with Crippen LogP contribution in [0.5, 0.6) is 0 Å². The molecule has 21 heavy (non-hydrogen) atoms. The number of hydrogen-bond acceptors (Lipinski definition) is 3. The summed E-state index contributed by atoms with van der Waals surface area (Å²) in [7, 11) is 0. The Morgan fingerprint density at radius 2 is 1.90 bits per heavy atom. The van der Waals surface area contributed by atoms with E-state index in [1.807, 2.05) is 0 Å². The van der Waals surface area contributed by atoms with E-state index < -0.39 is 6.10 Å². The first kappa shape index (κ1) is 18.4. The van der Waals surface area contributed by atoms with Crippen LogP contribution in [0.2, 0.25) is 0 Å². The Kier molecular flexibility index (Phi) is 6.67. The summed E-state index contributed by atoms with van der Waals surface area (Å²) in [5.41, 5.74) is 6.05. The fourth-order valence-corrected chi connectivity index (χ4v) is 3.65. The summed E-state index contributed by atoms with van der Waals surface area (Å²) in [5.74, 6) is 0.646. The van der Waals surface area contributed by atoms with Gasteiger partial charge in [-0.25, -0.2) is 0 Å². The fourth-order valence-electron chi connectivity index (χ4n) is 3.65. The molecule has 4 atom stereocenters. The van der Waals surface area contributed by atoms with Crippen molar-refractivity contribution < 1.29 is 9.90 Å². The van der Waals surface area contributed by atoms with Crippen molar-refractivity contribution in [3.63, 3.8) is 0 Å². The highest BCUT2D eigenvalue weighted by atomic mass is 16.3. The average Bonchev–Trinajstić information content (AvgIpc) is 2.43. The Morgan fingerprint density at radius 3 is 2.43 bits per heavy atom. The van der Waals surface area contributed by atoms with Gasteiger partial charge in [0, 0.05) is 18.5 Å². The molecule has 0 aromatic carbocycles. The van der Waals surface area contributed by atoms with Crippen LogP contribution in [0.25, 0.3) is 0 Å². The van der Waals surface area contributed by atoms with Crippen molar-refractivity contribution >= 4 is 5.91 Å². The van der Waals surface area contributed by atoms with E-state index in [9.17, 15) is 9.90 Å². The first-order chi connectivity index (χ1) is 9.75. The highest BCUT2D eigenvalue weighted by Crippen LogP contribution is 2.44. The van der Waals surface area contributed by atoms with E-state index in [1.165, 1.54) is 0 Å². The maximum atomic E-state index is 12.5. The van der Waals surface area contributed by atoms with Crippen molar-refractivity contribution in [1.82, 2.24) is 5.32 Å². The van der Waals surface area contributed by atoms with Crippen LogP contribution in [0.4, 0.5) is 0 Å². The zero-order valence-electron chi connectivity index (χ0n) is 14.4. The third-order valence-corrected chi connectivity index (χ3v) is 5.90. The van der Waals surface area contributed by atoms with Gasteiger partial charge in [-0.05, 0) is 30.1 Å². The van der Waals surface area contributed by atoms with Gasteiger partial charge < -0.3 is 16.2 Å². The van der Waals surface area contributed by atoms with Crippen LogP contribution in [0, 0.1) is 23.2 Å². The minimum Gasteiger partial charge on any atom is -0.391 e. The molecule has 4 nitrogen and oxygen atoms in total. The highest BCUT2D eigenvalue weighted by Gasteiger charge is 2.44. The molecule has 4 N–H and O–H groups in total. The Morgan fingerprint density at radius 1 is 1.33 bits per heavy atom. The van der Waals surface area contributed by atoms with Crippen LogP contribution in [-0.4, -0.2) is 29.7 Å². The molecule has 1 aliphatic carbocycles. The van der Waals surface area contributed by atoms with Gasteiger partial charge in [0.2, 0.25) is 5.91 Å². The number of carbonyl (C=O) groups excluding carboxylic acids is 1. The molecule has 1 fully saturated rings. The van der Waals surface area contributed by atoms with Gasteiger partial charge in [-0.1, -0.05) is 47.5 Å². The van der Waals surface area contributed by atoms with Gasteiger partial charge >= 0.3 is 0 Å².